The van der Waals surface area contributed by atoms with Gasteiger partial charge in [0.2, 0.25) is 0 Å². The monoisotopic (exact) mass is 265 g/mol. The van der Waals surface area contributed by atoms with Crippen LogP contribution in [0.1, 0.15) is 42.5 Å². The molecule has 1 aromatic carbocycles. The highest BCUT2D eigenvalue weighted by Gasteiger charge is 2.18. The molecule has 0 radical (unpaired) electrons. The fourth-order valence-corrected chi connectivity index (χ4v) is 2.43. The highest BCUT2D eigenvalue weighted by atomic mass is 16.5. The van der Waals surface area contributed by atoms with Crippen molar-refractivity contribution in [3.63, 3.8) is 0 Å². The second-order valence-corrected chi connectivity index (χ2v) is 4.86. The van der Waals surface area contributed by atoms with Crippen molar-refractivity contribution in [2.45, 2.75) is 38.1 Å². The number of anilines is 1. The Morgan fingerprint density at radius 1 is 1.26 bits per heavy atom. The second-order valence-electron chi connectivity index (χ2n) is 4.86. The molecule has 0 amide bonds. The van der Waals surface area contributed by atoms with Crippen LogP contribution in [0.2, 0.25) is 0 Å². The Bertz CT molecular complexity index is 467. The molecule has 0 unspecified atom stereocenters. The lowest BCUT2D eigenvalue weighted by Gasteiger charge is -2.24. The lowest BCUT2D eigenvalue weighted by atomic mass is 9.95. The zero-order chi connectivity index (χ0) is 13.8. The average molecular weight is 265 g/mol. The summed E-state index contributed by atoms with van der Waals surface area (Å²) in [7, 11) is 1.28. The van der Waals surface area contributed by atoms with Crippen molar-refractivity contribution in [3.05, 3.63) is 17.7 Å². The normalized spacial score (nSPS) is 16.1. The van der Waals surface area contributed by atoms with Gasteiger partial charge in [-0.1, -0.05) is 19.3 Å². The molecule has 5 heteroatoms. The number of hydrogen-bond acceptors (Lipinski definition) is 5. The second kappa shape index (κ2) is 5.82. The summed E-state index contributed by atoms with van der Waals surface area (Å²) in [5.74, 6) is -1.08. The van der Waals surface area contributed by atoms with Crippen LogP contribution in [0.25, 0.3) is 0 Å². The highest BCUT2D eigenvalue weighted by Crippen LogP contribution is 2.36. The van der Waals surface area contributed by atoms with Gasteiger partial charge in [0.15, 0.2) is 11.5 Å². The lowest BCUT2D eigenvalue weighted by Crippen LogP contribution is -2.22. The van der Waals surface area contributed by atoms with E-state index in [1.807, 2.05) is 0 Å². The summed E-state index contributed by atoms with van der Waals surface area (Å²) in [6.07, 6.45) is 5.60. The minimum absolute atomic E-state index is 0.219. The zero-order valence-corrected chi connectivity index (χ0v) is 11.0. The molecule has 1 fully saturated rings. The first-order chi connectivity index (χ1) is 9.11. The van der Waals surface area contributed by atoms with Gasteiger partial charge in [0.05, 0.1) is 18.4 Å². The van der Waals surface area contributed by atoms with Crippen LogP contribution in [0.5, 0.6) is 11.5 Å². The molecule has 2 rings (SSSR count). The van der Waals surface area contributed by atoms with Crippen molar-refractivity contribution in [2.24, 2.45) is 0 Å². The van der Waals surface area contributed by atoms with Crippen LogP contribution < -0.4 is 5.32 Å². The maximum atomic E-state index is 11.5. The molecule has 0 heterocycles. The Morgan fingerprint density at radius 3 is 2.58 bits per heavy atom. The van der Waals surface area contributed by atoms with Crippen LogP contribution in [0.4, 0.5) is 5.69 Å². The molecule has 104 valence electrons. The molecule has 0 atom stereocenters. The molecule has 5 nitrogen and oxygen atoms in total. The number of hydrogen-bond donors (Lipinski definition) is 3. The SMILES string of the molecule is COC(=O)c1cc(O)c(O)c(NC2CCCCC2)c1. The molecular formula is C14H19NO4. The van der Waals surface area contributed by atoms with Crippen molar-refractivity contribution in [3.8, 4) is 11.5 Å². The van der Waals surface area contributed by atoms with E-state index in [9.17, 15) is 15.0 Å². The predicted octanol–water partition coefficient (Wildman–Crippen LogP) is 2.63. The number of carbonyl (C=O) groups is 1. The van der Waals surface area contributed by atoms with Crippen molar-refractivity contribution >= 4 is 11.7 Å². The van der Waals surface area contributed by atoms with E-state index in [1.54, 1.807) is 0 Å². The van der Waals surface area contributed by atoms with E-state index in [1.165, 1.54) is 25.7 Å². The van der Waals surface area contributed by atoms with Crippen LogP contribution in [0.3, 0.4) is 0 Å². The van der Waals surface area contributed by atoms with Gasteiger partial charge in [0.25, 0.3) is 0 Å². The van der Waals surface area contributed by atoms with Gasteiger partial charge >= 0.3 is 5.97 Å². The van der Waals surface area contributed by atoms with E-state index < -0.39 is 5.97 Å². The number of aromatic hydroxyl groups is 2. The number of rotatable bonds is 3. The standard InChI is InChI=1S/C14H19NO4/c1-19-14(18)9-7-11(13(17)12(16)8-9)15-10-5-3-2-4-6-10/h7-8,10,15-17H,2-6H2,1H3. The van der Waals surface area contributed by atoms with E-state index in [0.29, 0.717) is 5.69 Å². The summed E-state index contributed by atoms with van der Waals surface area (Å²) in [5.41, 5.74) is 0.600. The molecular weight excluding hydrogens is 246 g/mol. The highest BCUT2D eigenvalue weighted by molar-refractivity contribution is 5.92. The quantitative estimate of drug-likeness (QED) is 0.578. The molecule has 0 spiro atoms. The number of ether oxygens (including phenoxy) is 1. The Kier molecular flexibility index (Phi) is 4.14. The Labute approximate surface area is 112 Å². The summed E-state index contributed by atoms with van der Waals surface area (Å²) in [4.78, 5) is 11.5. The summed E-state index contributed by atoms with van der Waals surface area (Å²) in [5, 5.41) is 22.7. The van der Waals surface area contributed by atoms with Crippen LogP contribution in [-0.4, -0.2) is 29.3 Å². The number of methoxy groups -OCH3 is 1. The van der Waals surface area contributed by atoms with E-state index >= 15 is 0 Å². The number of carbonyl (C=O) groups excluding carboxylic acids is 1. The predicted molar refractivity (Wildman–Crippen MR) is 71.6 cm³/mol. The number of benzene rings is 1. The van der Waals surface area contributed by atoms with E-state index in [-0.39, 0.29) is 23.1 Å². The number of nitrogens with one attached hydrogen (secondary N) is 1. The maximum Gasteiger partial charge on any atom is 0.338 e. The third-order valence-corrected chi connectivity index (χ3v) is 3.48. The minimum atomic E-state index is -0.540. The van der Waals surface area contributed by atoms with Gasteiger partial charge in [-0.3, -0.25) is 0 Å². The molecule has 0 bridgehead atoms. The minimum Gasteiger partial charge on any atom is -0.504 e. The van der Waals surface area contributed by atoms with Crippen LogP contribution >= 0.6 is 0 Å². The van der Waals surface area contributed by atoms with Crippen LogP contribution in [0, 0.1) is 0 Å². The molecule has 1 saturated carbocycles. The molecule has 3 N–H and O–H groups in total. The van der Waals surface area contributed by atoms with Crippen LogP contribution in [0.15, 0.2) is 12.1 Å². The third-order valence-electron chi connectivity index (χ3n) is 3.48. The van der Waals surface area contributed by atoms with Crippen molar-refractivity contribution in [1.82, 2.24) is 0 Å². The first kappa shape index (κ1) is 13.5. The van der Waals surface area contributed by atoms with Gasteiger partial charge < -0.3 is 20.3 Å². The van der Waals surface area contributed by atoms with Crippen molar-refractivity contribution in [2.75, 3.05) is 12.4 Å². The zero-order valence-electron chi connectivity index (χ0n) is 11.0. The molecule has 19 heavy (non-hydrogen) atoms. The summed E-state index contributed by atoms with van der Waals surface area (Å²) < 4.78 is 4.62. The summed E-state index contributed by atoms with van der Waals surface area (Å²) in [6.45, 7) is 0. The largest absolute Gasteiger partial charge is 0.504 e. The number of phenols is 2. The fraction of sp³-hybridized carbons (Fsp3) is 0.500. The van der Waals surface area contributed by atoms with Gasteiger partial charge in [-0.15, -0.1) is 0 Å². The number of phenolic OH excluding ortho intramolecular Hbond substituents is 2. The third kappa shape index (κ3) is 3.10. The fourth-order valence-electron chi connectivity index (χ4n) is 2.43. The van der Waals surface area contributed by atoms with Crippen LogP contribution in [-0.2, 0) is 4.74 Å². The van der Waals surface area contributed by atoms with Gasteiger partial charge in [0.1, 0.15) is 0 Å². The molecule has 0 saturated heterocycles. The van der Waals surface area contributed by atoms with Gasteiger partial charge in [-0.05, 0) is 25.0 Å². The smallest absolute Gasteiger partial charge is 0.338 e. The van der Waals surface area contributed by atoms with Crippen molar-refractivity contribution in [1.29, 1.82) is 0 Å². The summed E-state index contributed by atoms with van der Waals surface area (Å²) in [6, 6.07) is 2.98. The Balaban J connectivity index is 2.22. The first-order valence-electron chi connectivity index (χ1n) is 6.52. The lowest BCUT2D eigenvalue weighted by molar-refractivity contribution is 0.0600. The molecule has 1 aliphatic rings. The first-order valence-corrected chi connectivity index (χ1v) is 6.52. The Morgan fingerprint density at radius 2 is 1.95 bits per heavy atom. The van der Waals surface area contributed by atoms with E-state index in [0.717, 1.165) is 25.7 Å². The average Bonchev–Trinajstić information content (AvgIpc) is 2.44. The summed E-state index contributed by atoms with van der Waals surface area (Å²) >= 11 is 0. The number of esters is 1. The molecule has 1 aromatic rings. The van der Waals surface area contributed by atoms with E-state index in [4.69, 9.17) is 0 Å². The van der Waals surface area contributed by atoms with E-state index in [2.05, 4.69) is 10.1 Å². The Hall–Kier alpha value is -1.91. The van der Waals surface area contributed by atoms with Gasteiger partial charge in [0, 0.05) is 6.04 Å². The topological polar surface area (TPSA) is 78.8 Å². The molecule has 0 aromatic heterocycles. The van der Waals surface area contributed by atoms with Gasteiger partial charge in [-0.25, -0.2) is 4.79 Å². The van der Waals surface area contributed by atoms with Crippen molar-refractivity contribution < 1.29 is 19.7 Å². The van der Waals surface area contributed by atoms with Gasteiger partial charge in [-0.2, -0.15) is 0 Å². The maximum absolute atomic E-state index is 11.5. The molecule has 1 aliphatic carbocycles. The molecule has 0 aliphatic heterocycles.